The lowest BCUT2D eigenvalue weighted by Gasteiger charge is -2.12. The number of halogens is 1. The lowest BCUT2D eigenvalue weighted by Crippen LogP contribution is -2.03. The van der Waals surface area contributed by atoms with Crippen molar-refractivity contribution in [3.8, 4) is 0 Å². The molecule has 1 atom stereocenters. The number of hydrogen-bond donors (Lipinski definition) is 0. The maximum absolute atomic E-state index is 11.0. The summed E-state index contributed by atoms with van der Waals surface area (Å²) in [7, 11) is 1.42. The summed E-state index contributed by atoms with van der Waals surface area (Å²) in [5, 5.41) is 0. The number of carbonyl (C=O) groups excluding carboxylic acids is 1. The number of rotatable bonds is 4. The molecule has 0 aliphatic rings. The Labute approximate surface area is 98.8 Å². The highest BCUT2D eigenvalue weighted by Gasteiger charge is 2.10. The van der Waals surface area contributed by atoms with Crippen LogP contribution in [0.25, 0.3) is 0 Å². The lowest BCUT2D eigenvalue weighted by molar-refractivity contribution is -0.140. The van der Waals surface area contributed by atoms with Gasteiger partial charge in [-0.3, -0.25) is 4.79 Å². The molecule has 0 radical (unpaired) electrons. The van der Waals surface area contributed by atoms with Crippen LogP contribution in [0.3, 0.4) is 0 Å². The molecule has 0 saturated carbocycles. The van der Waals surface area contributed by atoms with Gasteiger partial charge in [-0.15, -0.1) is 0 Å². The minimum Gasteiger partial charge on any atom is -0.469 e. The van der Waals surface area contributed by atoms with Crippen LogP contribution < -0.4 is 0 Å². The van der Waals surface area contributed by atoms with E-state index in [1.165, 1.54) is 12.7 Å². The van der Waals surface area contributed by atoms with Gasteiger partial charge in [0, 0.05) is 10.9 Å². The Hall–Kier alpha value is -0.830. The summed E-state index contributed by atoms with van der Waals surface area (Å²) >= 11 is 3.50. The van der Waals surface area contributed by atoms with Crippen LogP contribution >= 0.6 is 15.9 Å². The zero-order valence-electron chi connectivity index (χ0n) is 9.00. The van der Waals surface area contributed by atoms with Crippen LogP contribution in [-0.4, -0.2) is 13.1 Å². The Morgan fingerprint density at radius 2 is 2.13 bits per heavy atom. The highest BCUT2D eigenvalue weighted by molar-refractivity contribution is 9.10. The Bertz CT molecular complexity index is 336. The summed E-state index contributed by atoms with van der Waals surface area (Å²) in [4.78, 5) is 11.0. The summed E-state index contributed by atoms with van der Waals surface area (Å²) in [5.41, 5.74) is 1.24. The van der Waals surface area contributed by atoms with Gasteiger partial charge in [-0.25, -0.2) is 0 Å². The van der Waals surface area contributed by atoms with Crippen molar-refractivity contribution in [2.24, 2.45) is 0 Å². The number of carbonyl (C=O) groups is 1. The predicted molar refractivity (Wildman–Crippen MR) is 63.8 cm³/mol. The van der Waals surface area contributed by atoms with Crippen molar-refractivity contribution in [2.45, 2.75) is 25.7 Å². The largest absolute Gasteiger partial charge is 0.469 e. The van der Waals surface area contributed by atoms with E-state index in [1.807, 2.05) is 18.2 Å². The second-order valence-corrected chi connectivity index (χ2v) is 4.39. The third-order valence-corrected chi connectivity index (χ3v) is 3.17. The fourth-order valence-electron chi connectivity index (χ4n) is 1.47. The molecular formula is C12H15BrO2. The first-order valence-electron chi connectivity index (χ1n) is 4.96. The smallest absolute Gasteiger partial charge is 0.305 e. The Morgan fingerprint density at radius 3 is 2.73 bits per heavy atom. The maximum atomic E-state index is 11.0. The molecule has 1 aromatic rings. The zero-order valence-corrected chi connectivity index (χ0v) is 10.6. The van der Waals surface area contributed by atoms with Crippen molar-refractivity contribution in [1.82, 2.24) is 0 Å². The van der Waals surface area contributed by atoms with E-state index in [-0.39, 0.29) is 5.97 Å². The maximum Gasteiger partial charge on any atom is 0.305 e. The standard InChI is InChI=1S/C12H15BrO2/c1-9(7-8-12(14)15-2)10-5-3-4-6-11(10)13/h3-6,9H,7-8H2,1-2H3. The predicted octanol–water partition coefficient (Wildman–Crippen LogP) is 3.51. The van der Waals surface area contributed by atoms with Crippen LogP contribution in [0.2, 0.25) is 0 Å². The third kappa shape index (κ3) is 3.67. The van der Waals surface area contributed by atoms with Crippen molar-refractivity contribution in [2.75, 3.05) is 7.11 Å². The van der Waals surface area contributed by atoms with Gasteiger partial charge >= 0.3 is 5.97 Å². The summed E-state index contributed by atoms with van der Waals surface area (Å²) in [6.07, 6.45) is 1.29. The van der Waals surface area contributed by atoms with Crippen LogP contribution in [0.15, 0.2) is 28.7 Å². The van der Waals surface area contributed by atoms with E-state index in [0.717, 1.165) is 10.9 Å². The molecular weight excluding hydrogens is 256 g/mol. The Balaban J connectivity index is 2.57. The van der Waals surface area contributed by atoms with E-state index in [4.69, 9.17) is 0 Å². The minimum atomic E-state index is -0.145. The fourth-order valence-corrected chi connectivity index (χ4v) is 2.14. The number of ether oxygens (including phenoxy) is 1. The molecule has 0 aliphatic heterocycles. The fraction of sp³-hybridized carbons (Fsp3) is 0.417. The molecule has 0 saturated heterocycles. The number of esters is 1. The highest BCUT2D eigenvalue weighted by atomic mass is 79.9. The Morgan fingerprint density at radius 1 is 1.47 bits per heavy atom. The highest BCUT2D eigenvalue weighted by Crippen LogP contribution is 2.27. The van der Waals surface area contributed by atoms with Gasteiger partial charge in [-0.2, -0.15) is 0 Å². The van der Waals surface area contributed by atoms with Crippen molar-refractivity contribution in [3.05, 3.63) is 34.3 Å². The molecule has 0 aliphatic carbocycles. The zero-order chi connectivity index (χ0) is 11.3. The topological polar surface area (TPSA) is 26.3 Å². The quantitative estimate of drug-likeness (QED) is 0.783. The van der Waals surface area contributed by atoms with E-state index >= 15 is 0 Å². The van der Waals surface area contributed by atoms with Crippen LogP contribution in [-0.2, 0) is 9.53 Å². The first-order chi connectivity index (χ1) is 7.15. The van der Waals surface area contributed by atoms with Crippen molar-refractivity contribution >= 4 is 21.9 Å². The molecule has 0 amide bonds. The third-order valence-electron chi connectivity index (χ3n) is 2.45. The molecule has 0 heterocycles. The first-order valence-corrected chi connectivity index (χ1v) is 5.75. The van der Waals surface area contributed by atoms with Crippen molar-refractivity contribution < 1.29 is 9.53 Å². The first kappa shape index (κ1) is 12.2. The second-order valence-electron chi connectivity index (χ2n) is 3.54. The van der Waals surface area contributed by atoms with Crippen molar-refractivity contribution in [1.29, 1.82) is 0 Å². The number of methoxy groups -OCH3 is 1. The average Bonchev–Trinajstić information content (AvgIpc) is 2.26. The SMILES string of the molecule is COC(=O)CCC(C)c1ccccc1Br. The van der Waals surface area contributed by atoms with Gasteiger partial charge in [-0.1, -0.05) is 41.1 Å². The molecule has 1 aromatic carbocycles. The van der Waals surface area contributed by atoms with Crippen LogP contribution in [0.4, 0.5) is 0 Å². The van der Waals surface area contributed by atoms with Crippen LogP contribution in [0.1, 0.15) is 31.2 Å². The van der Waals surface area contributed by atoms with Gasteiger partial charge in [0.05, 0.1) is 7.11 Å². The molecule has 3 heteroatoms. The van der Waals surface area contributed by atoms with Crippen molar-refractivity contribution in [3.63, 3.8) is 0 Å². The molecule has 0 aromatic heterocycles. The minimum absolute atomic E-state index is 0.145. The molecule has 0 fully saturated rings. The molecule has 0 spiro atoms. The van der Waals surface area contributed by atoms with Gasteiger partial charge in [0.15, 0.2) is 0 Å². The van der Waals surface area contributed by atoms with E-state index in [1.54, 1.807) is 0 Å². The lowest BCUT2D eigenvalue weighted by atomic mass is 9.96. The molecule has 2 nitrogen and oxygen atoms in total. The molecule has 0 bridgehead atoms. The van der Waals surface area contributed by atoms with Crippen LogP contribution in [0.5, 0.6) is 0 Å². The van der Waals surface area contributed by atoms with Gasteiger partial charge in [0.2, 0.25) is 0 Å². The van der Waals surface area contributed by atoms with E-state index < -0.39 is 0 Å². The van der Waals surface area contributed by atoms with Gasteiger partial charge in [0.25, 0.3) is 0 Å². The van der Waals surface area contributed by atoms with E-state index in [2.05, 4.69) is 33.7 Å². The summed E-state index contributed by atoms with van der Waals surface area (Å²) in [6.45, 7) is 2.11. The van der Waals surface area contributed by atoms with Gasteiger partial charge in [0.1, 0.15) is 0 Å². The monoisotopic (exact) mass is 270 g/mol. The average molecular weight is 271 g/mol. The molecule has 1 rings (SSSR count). The summed E-state index contributed by atoms with van der Waals surface area (Å²) in [6, 6.07) is 8.09. The van der Waals surface area contributed by atoms with Gasteiger partial charge < -0.3 is 4.74 Å². The molecule has 1 unspecified atom stereocenters. The second kappa shape index (κ2) is 5.91. The molecule has 15 heavy (non-hydrogen) atoms. The Kier molecular flexibility index (Phi) is 4.82. The van der Waals surface area contributed by atoms with Gasteiger partial charge in [-0.05, 0) is 24.0 Å². The molecule has 82 valence electrons. The van der Waals surface area contributed by atoms with E-state index in [9.17, 15) is 4.79 Å². The number of hydrogen-bond acceptors (Lipinski definition) is 2. The van der Waals surface area contributed by atoms with Crippen LogP contribution in [0, 0.1) is 0 Å². The number of benzene rings is 1. The summed E-state index contributed by atoms with van der Waals surface area (Å²) < 4.78 is 5.72. The summed E-state index contributed by atoms with van der Waals surface area (Å²) in [5.74, 6) is 0.216. The van der Waals surface area contributed by atoms with E-state index in [0.29, 0.717) is 12.3 Å². The normalized spacial score (nSPS) is 12.2. The molecule has 0 N–H and O–H groups in total.